The number of rotatable bonds is 0. The van der Waals surface area contributed by atoms with Crippen LogP contribution >= 0.6 is 0 Å². The number of benzene rings is 1. The summed E-state index contributed by atoms with van der Waals surface area (Å²) in [6.07, 6.45) is 1.89. The Kier molecular flexibility index (Phi) is 1.67. The molecule has 1 aliphatic rings. The third-order valence-electron chi connectivity index (χ3n) is 2.07. The van der Waals surface area contributed by atoms with Crippen LogP contribution in [0.25, 0.3) is 0 Å². The number of ketones is 1. The third kappa shape index (κ3) is 1.13. The van der Waals surface area contributed by atoms with Crippen molar-refractivity contribution in [2.24, 2.45) is 0 Å². The van der Waals surface area contributed by atoms with E-state index in [2.05, 4.69) is 0 Å². The van der Waals surface area contributed by atoms with E-state index in [9.17, 15) is 15.0 Å². The summed E-state index contributed by atoms with van der Waals surface area (Å²) in [5.41, 5.74) is 0.671. The molecule has 1 aromatic rings. The summed E-state index contributed by atoms with van der Waals surface area (Å²) in [6, 6.07) is 4.66. The average molecular weight is 176 g/mol. The molecule has 3 heteroatoms. The minimum Gasteiger partial charge on any atom is -0.507 e. The summed E-state index contributed by atoms with van der Waals surface area (Å²) in [4.78, 5) is 11.3. The molecule has 0 bridgehead atoms. The maximum absolute atomic E-state index is 11.3. The van der Waals surface area contributed by atoms with Gasteiger partial charge < -0.3 is 10.2 Å². The van der Waals surface area contributed by atoms with Gasteiger partial charge in [-0.05, 0) is 23.8 Å². The Bertz CT molecular complexity index is 393. The fraction of sp³-hybridized carbons (Fsp3) is 0.100. The van der Waals surface area contributed by atoms with E-state index >= 15 is 0 Å². The molecule has 2 rings (SSSR count). The molecule has 0 aromatic heterocycles. The first kappa shape index (κ1) is 8.01. The molecule has 0 saturated carbocycles. The molecular formula is C10H8O3. The molecule has 0 aliphatic heterocycles. The van der Waals surface area contributed by atoms with Gasteiger partial charge in [0.15, 0.2) is 5.78 Å². The number of fused-ring (bicyclic) bond motifs is 1. The fourth-order valence-corrected chi connectivity index (χ4v) is 1.44. The highest BCUT2D eigenvalue weighted by Gasteiger charge is 2.21. The molecule has 13 heavy (non-hydrogen) atoms. The highest BCUT2D eigenvalue weighted by Crippen LogP contribution is 2.30. The summed E-state index contributed by atoms with van der Waals surface area (Å²) in [7, 11) is 0. The van der Waals surface area contributed by atoms with E-state index in [-0.39, 0.29) is 17.1 Å². The molecule has 0 spiro atoms. The van der Waals surface area contributed by atoms with E-state index in [1.165, 1.54) is 18.2 Å². The van der Waals surface area contributed by atoms with Crippen molar-refractivity contribution in [1.29, 1.82) is 0 Å². The van der Waals surface area contributed by atoms with Gasteiger partial charge in [-0.15, -0.1) is 0 Å². The van der Waals surface area contributed by atoms with Crippen LogP contribution in [0.5, 0.6) is 5.75 Å². The third-order valence-corrected chi connectivity index (χ3v) is 2.07. The summed E-state index contributed by atoms with van der Waals surface area (Å²) in [6.45, 7) is 0. The van der Waals surface area contributed by atoms with Crippen molar-refractivity contribution in [3.05, 3.63) is 41.5 Å². The van der Waals surface area contributed by atoms with Gasteiger partial charge in [0.25, 0.3) is 0 Å². The van der Waals surface area contributed by atoms with Crippen molar-refractivity contribution >= 4 is 5.78 Å². The number of phenols is 1. The van der Waals surface area contributed by atoms with Crippen LogP contribution in [0.1, 0.15) is 22.0 Å². The first-order chi connectivity index (χ1) is 6.20. The predicted octanol–water partition coefficient (Wildman–Crippen LogP) is 1.18. The Hall–Kier alpha value is -1.61. The van der Waals surface area contributed by atoms with Crippen LogP contribution in [-0.4, -0.2) is 16.0 Å². The van der Waals surface area contributed by atoms with Gasteiger partial charge in [0.2, 0.25) is 0 Å². The molecule has 0 amide bonds. The SMILES string of the molecule is O=C1C=C[C@H](O)c2cccc(O)c21. The Morgan fingerprint density at radius 2 is 2.08 bits per heavy atom. The fourth-order valence-electron chi connectivity index (χ4n) is 1.44. The van der Waals surface area contributed by atoms with Crippen molar-refractivity contribution in [2.75, 3.05) is 0 Å². The summed E-state index contributed by atoms with van der Waals surface area (Å²) in [5, 5.41) is 18.8. The Morgan fingerprint density at radius 3 is 2.77 bits per heavy atom. The minimum atomic E-state index is -0.792. The van der Waals surface area contributed by atoms with Crippen molar-refractivity contribution in [1.82, 2.24) is 0 Å². The number of phenolic OH excluding ortho intramolecular Hbond substituents is 1. The van der Waals surface area contributed by atoms with Crippen LogP contribution < -0.4 is 0 Å². The maximum atomic E-state index is 11.3. The summed E-state index contributed by atoms with van der Waals surface area (Å²) in [5.74, 6) is -0.343. The molecule has 0 heterocycles. The van der Waals surface area contributed by atoms with Crippen molar-refractivity contribution < 1.29 is 15.0 Å². The average Bonchev–Trinajstić information content (AvgIpc) is 2.12. The second-order valence-corrected chi connectivity index (χ2v) is 2.91. The maximum Gasteiger partial charge on any atom is 0.189 e. The van der Waals surface area contributed by atoms with Crippen molar-refractivity contribution in [2.45, 2.75) is 6.10 Å². The van der Waals surface area contributed by atoms with Crippen LogP contribution in [0.15, 0.2) is 30.4 Å². The first-order valence-electron chi connectivity index (χ1n) is 3.92. The molecule has 1 aromatic carbocycles. The Labute approximate surface area is 74.9 Å². The lowest BCUT2D eigenvalue weighted by Gasteiger charge is -2.15. The van der Waals surface area contributed by atoms with Crippen molar-refractivity contribution in [3.63, 3.8) is 0 Å². The largest absolute Gasteiger partial charge is 0.507 e. The topological polar surface area (TPSA) is 57.5 Å². The van der Waals surface area contributed by atoms with E-state index in [1.54, 1.807) is 12.1 Å². The predicted molar refractivity (Wildman–Crippen MR) is 46.5 cm³/mol. The molecule has 2 N–H and O–H groups in total. The molecule has 3 nitrogen and oxygen atoms in total. The molecule has 1 atom stereocenters. The quantitative estimate of drug-likeness (QED) is 0.624. The molecule has 1 aliphatic carbocycles. The van der Waals surface area contributed by atoms with E-state index in [1.807, 2.05) is 0 Å². The normalized spacial score (nSPS) is 20.1. The molecule has 0 unspecified atom stereocenters. The lowest BCUT2D eigenvalue weighted by atomic mass is 9.93. The van der Waals surface area contributed by atoms with Gasteiger partial charge in [-0.25, -0.2) is 0 Å². The zero-order chi connectivity index (χ0) is 9.42. The molecule has 0 fully saturated rings. The number of allylic oxidation sites excluding steroid dienone is 1. The highest BCUT2D eigenvalue weighted by molar-refractivity contribution is 6.08. The Balaban J connectivity index is 2.68. The van der Waals surface area contributed by atoms with Crippen LogP contribution in [0.2, 0.25) is 0 Å². The zero-order valence-corrected chi connectivity index (χ0v) is 6.77. The lowest BCUT2D eigenvalue weighted by molar-refractivity contribution is 0.103. The second kappa shape index (κ2) is 2.71. The lowest BCUT2D eigenvalue weighted by Crippen LogP contribution is -2.09. The zero-order valence-electron chi connectivity index (χ0n) is 6.77. The van der Waals surface area contributed by atoms with E-state index in [0.29, 0.717) is 5.56 Å². The standard InChI is InChI=1S/C10H8O3/c11-7-4-5-9(13)10-6(7)2-1-3-8(10)12/h1-5,7,11-12H/t7-/m0/s1. The number of carbonyl (C=O) groups is 1. The number of aliphatic hydroxyl groups excluding tert-OH is 1. The van der Waals surface area contributed by atoms with Crippen LogP contribution in [0, 0.1) is 0 Å². The monoisotopic (exact) mass is 176 g/mol. The van der Waals surface area contributed by atoms with Gasteiger partial charge in [0, 0.05) is 0 Å². The van der Waals surface area contributed by atoms with Gasteiger partial charge in [-0.2, -0.15) is 0 Å². The van der Waals surface area contributed by atoms with Gasteiger partial charge >= 0.3 is 0 Å². The van der Waals surface area contributed by atoms with Crippen LogP contribution in [0.4, 0.5) is 0 Å². The molecule has 66 valence electrons. The number of aromatic hydroxyl groups is 1. The van der Waals surface area contributed by atoms with E-state index in [4.69, 9.17) is 0 Å². The number of hydrogen-bond donors (Lipinski definition) is 2. The number of aliphatic hydroxyl groups is 1. The van der Waals surface area contributed by atoms with Gasteiger partial charge in [0.1, 0.15) is 5.75 Å². The first-order valence-corrected chi connectivity index (χ1v) is 3.92. The molecule has 0 saturated heterocycles. The second-order valence-electron chi connectivity index (χ2n) is 2.91. The van der Waals surface area contributed by atoms with E-state index < -0.39 is 6.10 Å². The van der Waals surface area contributed by atoms with Gasteiger partial charge in [0.05, 0.1) is 11.7 Å². The summed E-state index contributed by atoms with van der Waals surface area (Å²) < 4.78 is 0. The van der Waals surface area contributed by atoms with Crippen molar-refractivity contribution in [3.8, 4) is 5.75 Å². The van der Waals surface area contributed by atoms with Gasteiger partial charge in [-0.3, -0.25) is 4.79 Å². The smallest absolute Gasteiger partial charge is 0.189 e. The van der Waals surface area contributed by atoms with Crippen LogP contribution in [-0.2, 0) is 0 Å². The van der Waals surface area contributed by atoms with E-state index in [0.717, 1.165) is 0 Å². The summed E-state index contributed by atoms with van der Waals surface area (Å²) >= 11 is 0. The Morgan fingerprint density at radius 1 is 1.31 bits per heavy atom. The molecular weight excluding hydrogens is 168 g/mol. The number of carbonyl (C=O) groups excluding carboxylic acids is 1. The number of hydrogen-bond acceptors (Lipinski definition) is 3. The molecule has 0 radical (unpaired) electrons. The minimum absolute atomic E-state index is 0.0779. The highest BCUT2D eigenvalue weighted by atomic mass is 16.3. The van der Waals surface area contributed by atoms with Gasteiger partial charge in [-0.1, -0.05) is 12.1 Å². The van der Waals surface area contributed by atoms with Crippen LogP contribution in [0.3, 0.4) is 0 Å².